The van der Waals surface area contributed by atoms with Crippen LogP contribution in [0.2, 0.25) is 0 Å². The van der Waals surface area contributed by atoms with Gasteiger partial charge in [-0.3, -0.25) is 10.1 Å². The maximum Gasteiger partial charge on any atom is 0.412 e. The van der Waals surface area contributed by atoms with Crippen LogP contribution < -0.4 is 10.6 Å². The van der Waals surface area contributed by atoms with E-state index in [0.29, 0.717) is 16.9 Å². The molecular formula is C22H23N3O3S. The lowest BCUT2D eigenvalue weighted by atomic mass is 10.1. The van der Waals surface area contributed by atoms with Crippen LogP contribution in [0.4, 0.5) is 16.2 Å². The second-order valence-corrected chi connectivity index (χ2v) is 8.55. The number of amides is 2. The smallest absolute Gasteiger partial charge is 0.412 e. The lowest BCUT2D eigenvalue weighted by Crippen LogP contribution is -2.27. The molecule has 2 N–H and O–H groups in total. The Morgan fingerprint density at radius 3 is 2.07 bits per heavy atom. The molecule has 0 saturated heterocycles. The van der Waals surface area contributed by atoms with Gasteiger partial charge in [-0.1, -0.05) is 12.1 Å². The number of nitrogens with one attached hydrogen (secondary N) is 2. The lowest BCUT2D eigenvalue weighted by molar-refractivity contribution is 0.0636. The molecule has 0 spiro atoms. The van der Waals surface area contributed by atoms with Crippen molar-refractivity contribution in [2.75, 3.05) is 10.6 Å². The molecule has 0 aliphatic carbocycles. The first-order valence-corrected chi connectivity index (χ1v) is 10.0. The molecule has 0 unspecified atom stereocenters. The van der Waals surface area contributed by atoms with E-state index in [0.717, 1.165) is 16.3 Å². The molecule has 0 aliphatic rings. The second kappa shape index (κ2) is 8.45. The summed E-state index contributed by atoms with van der Waals surface area (Å²) in [5.41, 5.74) is 3.10. The van der Waals surface area contributed by atoms with E-state index < -0.39 is 11.7 Å². The molecule has 0 aliphatic heterocycles. The Morgan fingerprint density at radius 2 is 1.52 bits per heavy atom. The summed E-state index contributed by atoms with van der Waals surface area (Å²) >= 11 is 1.60. The fourth-order valence-corrected chi connectivity index (χ4v) is 3.17. The van der Waals surface area contributed by atoms with E-state index in [1.165, 1.54) is 0 Å². The molecule has 0 radical (unpaired) electrons. The van der Waals surface area contributed by atoms with Crippen LogP contribution in [0.15, 0.2) is 53.9 Å². The van der Waals surface area contributed by atoms with Gasteiger partial charge in [0.15, 0.2) is 0 Å². The molecule has 7 heteroatoms. The number of nitrogens with zero attached hydrogens (tertiary/aromatic N) is 1. The molecule has 29 heavy (non-hydrogen) atoms. The van der Waals surface area contributed by atoms with Crippen LogP contribution in [-0.2, 0) is 4.74 Å². The van der Waals surface area contributed by atoms with E-state index in [2.05, 4.69) is 15.6 Å². The Hall–Kier alpha value is -3.19. The molecular weight excluding hydrogens is 386 g/mol. The van der Waals surface area contributed by atoms with Gasteiger partial charge in [0.05, 0.1) is 10.7 Å². The van der Waals surface area contributed by atoms with E-state index in [9.17, 15) is 9.59 Å². The number of carbonyl (C=O) groups is 2. The summed E-state index contributed by atoms with van der Waals surface area (Å²) in [6.45, 7) is 7.36. The SMILES string of the molecule is Cc1nc(-c2ccc(NC(=O)c3ccc(NC(=O)OC(C)(C)C)cc3)cc2)cs1. The van der Waals surface area contributed by atoms with Crippen molar-refractivity contribution in [3.63, 3.8) is 0 Å². The van der Waals surface area contributed by atoms with Gasteiger partial charge >= 0.3 is 6.09 Å². The molecule has 2 amide bonds. The zero-order valence-corrected chi connectivity index (χ0v) is 17.6. The van der Waals surface area contributed by atoms with Crippen LogP contribution in [0.25, 0.3) is 11.3 Å². The maximum atomic E-state index is 12.5. The van der Waals surface area contributed by atoms with Crippen molar-refractivity contribution in [1.82, 2.24) is 4.98 Å². The minimum Gasteiger partial charge on any atom is -0.444 e. The van der Waals surface area contributed by atoms with E-state index in [1.54, 1.807) is 56.4 Å². The fraction of sp³-hybridized carbons (Fsp3) is 0.227. The Bertz CT molecular complexity index is 1000. The summed E-state index contributed by atoms with van der Waals surface area (Å²) in [7, 11) is 0. The molecule has 6 nitrogen and oxygen atoms in total. The normalized spacial score (nSPS) is 11.0. The third-order valence-electron chi connectivity index (χ3n) is 3.85. The highest BCUT2D eigenvalue weighted by atomic mass is 32.1. The number of anilines is 2. The van der Waals surface area contributed by atoms with Crippen molar-refractivity contribution >= 4 is 34.7 Å². The zero-order valence-electron chi connectivity index (χ0n) is 16.8. The third-order valence-corrected chi connectivity index (χ3v) is 4.62. The molecule has 0 fully saturated rings. The van der Waals surface area contributed by atoms with Crippen LogP contribution in [0.3, 0.4) is 0 Å². The number of aromatic nitrogens is 1. The van der Waals surface area contributed by atoms with E-state index in [4.69, 9.17) is 4.74 Å². The summed E-state index contributed by atoms with van der Waals surface area (Å²) in [4.78, 5) is 28.7. The van der Waals surface area contributed by atoms with Crippen molar-refractivity contribution in [2.45, 2.75) is 33.3 Å². The number of hydrogen-bond acceptors (Lipinski definition) is 5. The second-order valence-electron chi connectivity index (χ2n) is 7.49. The number of carbonyl (C=O) groups excluding carboxylic acids is 2. The van der Waals surface area contributed by atoms with Crippen molar-refractivity contribution in [1.29, 1.82) is 0 Å². The molecule has 0 atom stereocenters. The van der Waals surface area contributed by atoms with E-state index >= 15 is 0 Å². The summed E-state index contributed by atoms with van der Waals surface area (Å²) in [5, 5.41) is 8.53. The van der Waals surface area contributed by atoms with Crippen LogP contribution >= 0.6 is 11.3 Å². The first kappa shape index (κ1) is 20.5. The maximum absolute atomic E-state index is 12.5. The monoisotopic (exact) mass is 409 g/mol. The first-order valence-electron chi connectivity index (χ1n) is 9.13. The lowest BCUT2D eigenvalue weighted by Gasteiger charge is -2.19. The van der Waals surface area contributed by atoms with Gasteiger partial charge in [-0.15, -0.1) is 11.3 Å². The average molecular weight is 410 g/mol. The zero-order chi connectivity index (χ0) is 21.0. The number of ether oxygens (including phenoxy) is 1. The molecule has 1 heterocycles. The predicted molar refractivity (Wildman–Crippen MR) is 117 cm³/mol. The number of rotatable bonds is 4. The van der Waals surface area contributed by atoms with Gasteiger partial charge in [0, 0.05) is 27.9 Å². The van der Waals surface area contributed by atoms with Crippen LogP contribution in [0.5, 0.6) is 0 Å². The number of hydrogen-bond donors (Lipinski definition) is 2. The largest absolute Gasteiger partial charge is 0.444 e. The van der Waals surface area contributed by atoms with Crippen molar-refractivity contribution < 1.29 is 14.3 Å². The van der Waals surface area contributed by atoms with Gasteiger partial charge in [-0.05, 0) is 64.1 Å². The van der Waals surface area contributed by atoms with Crippen molar-refractivity contribution in [3.8, 4) is 11.3 Å². The summed E-state index contributed by atoms with van der Waals surface area (Å²) in [6.07, 6.45) is -0.537. The Labute approximate surface area is 173 Å². The predicted octanol–water partition coefficient (Wildman–Crippen LogP) is 5.72. The van der Waals surface area contributed by atoms with E-state index in [1.807, 2.05) is 36.6 Å². The molecule has 3 aromatic rings. The third kappa shape index (κ3) is 5.89. The van der Waals surface area contributed by atoms with Crippen LogP contribution in [0, 0.1) is 6.92 Å². The van der Waals surface area contributed by atoms with Gasteiger partial charge in [-0.25, -0.2) is 9.78 Å². The van der Waals surface area contributed by atoms with Gasteiger partial charge < -0.3 is 10.1 Å². The Kier molecular flexibility index (Phi) is 5.98. The Morgan fingerprint density at radius 1 is 0.931 bits per heavy atom. The quantitative estimate of drug-likeness (QED) is 0.578. The molecule has 0 saturated carbocycles. The number of benzene rings is 2. The molecule has 3 rings (SSSR count). The molecule has 150 valence electrons. The number of thiazole rings is 1. The summed E-state index contributed by atoms with van der Waals surface area (Å²) in [5.74, 6) is -0.230. The first-order chi connectivity index (χ1) is 13.7. The van der Waals surface area contributed by atoms with Crippen LogP contribution in [0.1, 0.15) is 36.1 Å². The summed E-state index contributed by atoms with van der Waals surface area (Å²) < 4.78 is 5.21. The highest BCUT2D eigenvalue weighted by molar-refractivity contribution is 7.09. The van der Waals surface area contributed by atoms with E-state index in [-0.39, 0.29) is 5.91 Å². The minimum absolute atomic E-state index is 0.230. The van der Waals surface area contributed by atoms with Gasteiger partial charge in [0.1, 0.15) is 5.60 Å². The topological polar surface area (TPSA) is 80.3 Å². The van der Waals surface area contributed by atoms with Gasteiger partial charge in [-0.2, -0.15) is 0 Å². The number of aryl methyl sites for hydroxylation is 1. The van der Waals surface area contributed by atoms with Crippen molar-refractivity contribution in [3.05, 3.63) is 64.5 Å². The molecule has 2 aromatic carbocycles. The summed E-state index contributed by atoms with van der Waals surface area (Å²) in [6, 6.07) is 14.2. The Balaban J connectivity index is 1.60. The highest BCUT2D eigenvalue weighted by Crippen LogP contribution is 2.23. The molecule has 1 aromatic heterocycles. The highest BCUT2D eigenvalue weighted by Gasteiger charge is 2.16. The van der Waals surface area contributed by atoms with Gasteiger partial charge in [0.25, 0.3) is 5.91 Å². The standard InChI is InChI=1S/C22H23N3O3S/c1-14-23-19(13-29-14)15-5-9-17(10-6-15)24-20(26)16-7-11-18(12-8-16)25-21(27)28-22(2,3)4/h5-13H,1-4H3,(H,24,26)(H,25,27). The minimum atomic E-state index is -0.572. The van der Waals surface area contributed by atoms with Crippen molar-refractivity contribution in [2.24, 2.45) is 0 Å². The fourth-order valence-electron chi connectivity index (χ4n) is 2.55. The molecule has 0 bridgehead atoms. The van der Waals surface area contributed by atoms with Gasteiger partial charge in [0.2, 0.25) is 0 Å². The van der Waals surface area contributed by atoms with Crippen LogP contribution in [-0.4, -0.2) is 22.6 Å². The average Bonchev–Trinajstić information content (AvgIpc) is 3.07.